The summed E-state index contributed by atoms with van der Waals surface area (Å²) in [5.41, 5.74) is 0.946. The zero-order valence-electron chi connectivity index (χ0n) is 9.85. The maximum Gasteiger partial charge on any atom is 0.131 e. The highest BCUT2D eigenvalue weighted by atomic mass is 19.1. The third-order valence-electron chi connectivity index (χ3n) is 2.99. The van der Waals surface area contributed by atoms with Gasteiger partial charge >= 0.3 is 0 Å². The summed E-state index contributed by atoms with van der Waals surface area (Å²) in [6.45, 7) is 1.78. The van der Waals surface area contributed by atoms with E-state index in [0.717, 1.165) is 17.7 Å². The van der Waals surface area contributed by atoms with E-state index in [4.69, 9.17) is 0 Å². The summed E-state index contributed by atoms with van der Waals surface area (Å²) in [4.78, 5) is 3.88. The monoisotopic (exact) mass is 249 g/mol. The fourth-order valence-electron chi connectivity index (χ4n) is 1.86. The van der Waals surface area contributed by atoms with E-state index >= 15 is 0 Å². The van der Waals surface area contributed by atoms with E-state index in [1.807, 2.05) is 0 Å². The largest absolute Gasteiger partial charge is 0.388 e. The molecule has 0 saturated heterocycles. The topological polar surface area (TPSA) is 33.1 Å². The molecule has 0 aliphatic heterocycles. The van der Waals surface area contributed by atoms with Crippen LogP contribution in [-0.4, -0.2) is 10.1 Å². The van der Waals surface area contributed by atoms with Gasteiger partial charge in [0.05, 0.1) is 6.10 Å². The Morgan fingerprint density at radius 3 is 2.39 bits per heavy atom. The number of halogens is 2. The molecule has 0 bridgehead atoms. The van der Waals surface area contributed by atoms with Crippen LogP contribution in [0.1, 0.15) is 30.1 Å². The zero-order chi connectivity index (χ0) is 13.1. The molecule has 2 nitrogen and oxygen atoms in total. The molecule has 0 aliphatic carbocycles. The number of nitrogens with zero attached hydrogens (tertiary/aromatic N) is 1. The van der Waals surface area contributed by atoms with Crippen molar-refractivity contribution in [3.8, 4) is 0 Å². The highest BCUT2D eigenvalue weighted by Gasteiger charge is 2.21. The highest BCUT2D eigenvalue weighted by Crippen LogP contribution is 2.31. The molecule has 0 fully saturated rings. The maximum absolute atomic E-state index is 13.6. The molecule has 0 amide bonds. The van der Waals surface area contributed by atoms with Gasteiger partial charge in [0.2, 0.25) is 0 Å². The minimum atomic E-state index is -1.02. The third kappa shape index (κ3) is 2.54. The first kappa shape index (κ1) is 12.6. The van der Waals surface area contributed by atoms with Crippen LogP contribution < -0.4 is 0 Å². The van der Waals surface area contributed by atoms with Gasteiger partial charge in [-0.05, 0) is 23.8 Å². The van der Waals surface area contributed by atoms with Crippen LogP contribution in [0.3, 0.4) is 0 Å². The number of pyridine rings is 1. The Labute approximate surface area is 104 Å². The first-order valence-electron chi connectivity index (χ1n) is 5.62. The second-order valence-electron chi connectivity index (χ2n) is 4.18. The number of aromatic nitrogens is 1. The quantitative estimate of drug-likeness (QED) is 0.906. The van der Waals surface area contributed by atoms with Gasteiger partial charge in [0.25, 0.3) is 0 Å². The molecule has 1 aromatic heterocycles. The van der Waals surface area contributed by atoms with E-state index in [9.17, 15) is 13.9 Å². The molecule has 94 valence electrons. The van der Waals surface area contributed by atoms with Gasteiger partial charge < -0.3 is 5.11 Å². The van der Waals surface area contributed by atoms with Crippen molar-refractivity contribution in [3.05, 3.63) is 65.5 Å². The van der Waals surface area contributed by atoms with Crippen molar-refractivity contribution in [1.82, 2.24) is 4.98 Å². The highest BCUT2D eigenvalue weighted by molar-refractivity contribution is 5.26. The van der Waals surface area contributed by atoms with Crippen LogP contribution >= 0.6 is 0 Å². The predicted octanol–water partition coefficient (Wildman–Crippen LogP) is 3.20. The van der Waals surface area contributed by atoms with Gasteiger partial charge in [-0.3, -0.25) is 4.98 Å². The standard InChI is InChI=1S/C14H13F2NO/c1-9(10-4-6-17-7-5-10)14(18)12-3-2-11(15)8-13(12)16/h2-9,14,18H,1H3. The van der Waals surface area contributed by atoms with E-state index < -0.39 is 17.7 Å². The molecule has 0 spiro atoms. The summed E-state index contributed by atoms with van der Waals surface area (Å²) in [6.07, 6.45) is 2.20. The Morgan fingerprint density at radius 1 is 1.11 bits per heavy atom. The molecule has 1 heterocycles. The summed E-state index contributed by atoms with van der Waals surface area (Å²) in [5.74, 6) is -1.68. The van der Waals surface area contributed by atoms with Crippen molar-refractivity contribution < 1.29 is 13.9 Å². The minimum Gasteiger partial charge on any atom is -0.388 e. The number of hydrogen-bond donors (Lipinski definition) is 1. The summed E-state index contributed by atoms with van der Waals surface area (Å²) in [6, 6.07) is 6.70. The molecule has 0 aliphatic rings. The molecule has 1 N–H and O–H groups in total. The van der Waals surface area contributed by atoms with E-state index in [1.165, 1.54) is 6.07 Å². The SMILES string of the molecule is CC(c1ccncc1)C(O)c1ccc(F)cc1F. The first-order chi connectivity index (χ1) is 8.59. The average Bonchev–Trinajstić information content (AvgIpc) is 2.38. The zero-order valence-corrected chi connectivity index (χ0v) is 9.85. The lowest BCUT2D eigenvalue weighted by molar-refractivity contribution is 0.147. The Kier molecular flexibility index (Phi) is 3.67. The van der Waals surface area contributed by atoms with Crippen LogP contribution in [0.2, 0.25) is 0 Å². The summed E-state index contributed by atoms with van der Waals surface area (Å²) in [7, 11) is 0. The molecular weight excluding hydrogens is 236 g/mol. The van der Waals surface area contributed by atoms with Gasteiger partial charge in [0.1, 0.15) is 11.6 Å². The second-order valence-corrected chi connectivity index (χ2v) is 4.18. The molecule has 2 atom stereocenters. The molecule has 18 heavy (non-hydrogen) atoms. The van der Waals surface area contributed by atoms with Gasteiger partial charge in [-0.1, -0.05) is 13.0 Å². The van der Waals surface area contributed by atoms with Crippen LogP contribution in [0.25, 0.3) is 0 Å². The lowest BCUT2D eigenvalue weighted by Crippen LogP contribution is -2.09. The Balaban J connectivity index is 2.28. The van der Waals surface area contributed by atoms with Gasteiger partial charge in [0.15, 0.2) is 0 Å². The van der Waals surface area contributed by atoms with Gasteiger partial charge in [-0.2, -0.15) is 0 Å². The van der Waals surface area contributed by atoms with Crippen LogP contribution in [0, 0.1) is 11.6 Å². The first-order valence-corrected chi connectivity index (χ1v) is 5.62. The average molecular weight is 249 g/mol. The molecule has 0 saturated carbocycles. The predicted molar refractivity (Wildman–Crippen MR) is 64.0 cm³/mol. The van der Waals surface area contributed by atoms with Crippen molar-refractivity contribution >= 4 is 0 Å². The fourth-order valence-corrected chi connectivity index (χ4v) is 1.86. The Morgan fingerprint density at radius 2 is 1.78 bits per heavy atom. The van der Waals surface area contributed by atoms with Crippen molar-refractivity contribution in [3.63, 3.8) is 0 Å². The summed E-state index contributed by atoms with van der Waals surface area (Å²) in [5, 5.41) is 10.1. The summed E-state index contributed by atoms with van der Waals surface area (Å²) >= 11 is 0. The minimum absolute atomic E-state index is 0.0979. The van der Waals surface area contributed by atoms with Crippen molar-refractivity contribution in [2.75, 3.05) is 0 Å². The van der Waals surface area contributed by atoms with Crippen molar-refractivity contribution in [1.29, 1.82) is 0 Å². The molecule has 2 unspecified atom stereocenters. The fraction of sp³-hybridized carbons (Fsp3) is 0.214. The van der Waals surface area contributed by atoms with E-state index in [-0.39, 0.29) is 11.5 Å². The number of hydrogen-bond acceptors (Lipinski definition) is 2. The Hall–Kier alpha value is -1.81. The number of benzene rings is 1. The molecule has 1 aromatic carbocycles. The maximum atomic E-state index is 13.6. The second kappa shape index (κ2) is 5.23. The van der Waals surface area contributed by atoms with Crippen LogP contribution in [-0.2, 0) is 0 Å². The number of aliphatic hydroxyl groups excluding tert-OH is 1. The molecule has 4 heteroatoms. The van der Waals surface area contributed by atoms with E-state index in [0.29, 0.717) is 0 Å². The number of rotatable bonds is 3. The van der Waals surface area contributed by atoms with E-state index in [1.54, 1.807) is 31.5 Å². The third-order valence-corrected chi connectivity index (χ3v) is 2.99. The normalized spacial score (nSPS) is 14.2. The van der Waals surface area contributed by atoms with Crippen molar-refractivity contribution in [2.45, 2.75) is 18.9 Å². The Bertz CT molecular complexity index is 531. The lowest BCUT2D eigenvalue weighted by Gasteiger charge is -2.20. The van der Waals surface area contributed by atoms with Crippen LogP contribution in [0.4, 0.5) is 8.78 Å². The van der Waals surface area contributed by atoms with Gasteiger partial charge in [0, 0.05) is 29.9 Å². The number of aliphatic hydroxyl groups is 1. The van der Waals surface area contributed by atoms with Gasteiger partial charge in [-0.25, -0.2) is 8.78 Å². The molecule has 2 aromatic rings. The summed E-state index contributed by atoms with van der Waals surface area (Å²) < 4.78 is 26.4. The lowest BCUT2D eigenvalue weighted by atomic mass is 9.91. The molecule has 0 radical (unpaired) electrons. The van der Waals surface area contributed by atoms with Crippen LogP contribution in [0.5, 0.6) is 0 Å². The van der Waals surface area contributed by atoms with Gasteiger partial charge in [-0.15, -0.1) is 0 Å². The van der Waals surface area contributed by atoms with Crippen molar-refractivity contribution in [2.24, 2.45) is 0 Å². The smallest absolute Gasteiger partial charge is 0.131 e. The van der Waals surface area contributed by atoms with E-state index in [2.05, 4.69) is 4.98 Å². The van der Waals surface area contributed by atoms with Crippen LogP contribution in [0.15, 0.2) is 42.7 Å². The molecular formula is C14H13F2NO. The molecule has 2 rings (SSSR count).